The maximum absolute atomic E-state index is 13.7. The number of benzene rings is 2. The molecule has 2 aromatic carbocycles. The van der Waals surface area contributed by atoms with Gasteiger partial charge in [0.05, 0.1) is 21.0 Å². The van der Waals surface area contributed by atoms with Crippen molar-refractivity contribution in [2.45, 2.75) is 13.0 Å². The Morgan fingerprint density at radius 1 is 1.24 bits per heavy atom. The fourth-order valence-corrected chi connectivity index (χ4v) is 2.26. The average Bonchev–Trinajstić information content (AvgIpc) is 2.42. The highest BCUT2D eigenvalue weighted by Gasteiger charge is 2.20. The summed E-state index contributed by atoms with van der Waals surface area (Å²) in [7, 11) is 0. The zero-order chi connectivity index (χ0) is 15.6. The van der Waals surface area contributed by atoms with Crippen molar-refractivity contribution in [1.29, 1.82) is 0 Å². The molecule has 110 valence electrons. The molecule has 2 rings (SSSR count). The molecular weight excluding hydrogens is 318 g/mol. The molecule has 21 heavy (non-hydrogen) atoms. The van der Waals surface area contributed by atoms with Crippen LogP contribution in [0.25, 0.3) is 0 Å². The van der Waals surface area contributed by atoms with Gasteiger partial charge in [-0.1, -0.05) is 41.4 Å². The molecule has 0 aliphatic rings. The van der Waals surface area contributed by atoms with Crippen LogP contribution >= 0.6 is 23.2 Å². The number of nitrogens with one attached hydrogen (secondary N) is 1. The first-order valence-corrected chi connectivity index (χ1v) is 6.80. The summed E-state index contributed by atoms with van der Waals surface area (Å²) in [5.41, 5.74) is 0.371. The first kappa shape index (κ1) is 15.5. The standard InChI is InChI=1S/C14H11Cl2FN2O2/c1-8(9-4-2-3-5-12(9)17)18-13-6-10(15)11(16)7-14(13)19(20)21/h2-8,18H,1H3. The van der Waals surface area contributed by atoms with Crippen molar-refractivity contribution in [1.82, 2.24) is 0 Å². The van der Waals surface area contributed by atoms with Gasteiger partial charge >= 0.3 is 0 Å². The number of rotatable bonds is 4. The van der Waals surface area contributed by atoms with Crippen molar-refractivity contribution in [3.63, 3.8) is 0 Å². The van der Waals surface area contributed by atoms with Crippen LogP contribution in [-0.2, 0) is 0 Å². The molecule has 2 aromatic rings. The lowest BCUT2D eigenvalue weighted by atomic mass is 10.1. The fourth-order valence-electron chi connectivity index (χ4n) is 1.94. The van der Waals surface area contributed by atoms with Gasteiger partial charge in [0.15, 0.2) is 0 Å². The zero-order valence-electron chi connectivity index (χ0n) is 10.9. The molecular formula is C14H11Cl2FN2O2. The van der Waals surface area contributed by atoms with Gasteiger partial charge in [-0.15, -0.1) is 0 Å². The predicted octanol–water partition coefficient (Wildman–Crippen LogP) is 5.21. The average molecular weight is 329 g/mol. The highest BCUT2D eigenvalue weighted by Crippen LogP contribution is 2.35. The van der Waals surface area contributed by atoms with Gasteiger partial charge in [-0.2, -0.15) is 0 Å². The van der Waals surface area contributed by atoms with Crippen LogP contribution < -0.4 is 5.32 Å². The van der Waals surface area contributed by atoms with Crippen LogP contribution in [0.5, 0.6) is 0 Å². The molecule has 1 atom stereocenters. The van der Waals surface area contributed by atoms with Crippen LogP contribution in [0.3, 0.4) is 0 Å². The minimum Gasteiger partial charge on any atom is -0.373 e. The SMILES string of the molecule is CC(Nc1cc(Cl)c(Cl)cc1[N+](=O)[O-])c1ccccc1F. The third-order valence-corrected chi connectivity index (χ3v) is 3.70. The Morgan fingerprint density at radius 3 is 2.48 bits per heavy atom. The lowest BCUT2D eigenvalue weighted by Crippen LogP contribution is -2.10. The normalized spacial score (nSPS) is 12.0. The first-order valence-electron chi connectivity index (χ1n) is 6.04. The summed E-state index contributed by atoms with van der Waals surface area (Å²) in [4.78, 5) is 10.5. The largest absolute Gasteiger partial charge is 0.373 e. The fraction of sp³-hybridized carbons (Fsp3) is 0.143. The summed E-state index contributed by atoms with van der Waals surface area (Å²) < 4.78 is 13.7. The van der Waals surface area contributed by atoms with Crippen LogP contribution in [0.2, 0.25) is 10.0 Å². The Balaban J connectivity index is 2.37. The summed E-state index contributed by atoms with van der Waals surface area (Å²) in [6, 6.07) is 8.27. The maximum Gasteiger partial charge on any atom is 0.293 e. The predicted molar refractivity (Wildman–Crippen MR) is 81.6 cm³/mol. The molecule has 0 amide bonds. The lowest BCUT2D eigenvalue weighted by Gasteiger charge is -2.16. The smallest absolute Gasteiger partial charge is 0.293 e. The molecule has 1 unspecified atom stereocenters. The summed E-state index contributed by atoms with van der Waals surface area (Å²) >= 11 is 11.7. The number of hydrogen-bond donors (Lipinski definition) is 1. The molecule has 0 spiro atoms. The van der Waals surface area contributed by atoms with Crippen LogP contribution in [0.4, 0.5) is 15.8 Å². The van der Waals surface area contributed by atoms with E-state index in [4.69, 9.17) is 23.2 Å². The van der Waals surface area contributed by atoms with Gasteiger partial charge in [0.2, 0.25) is 0 Å². The number of nitro benzene ring substituents is 1. The van der Waals surface area contributed by atoms with Gasteiger partial charge < -0.3 is 5.32 Å². The van der Waals surface area contributed by atoms with Crippen molar-refractivity contribution in [2.24, 2.45) is 0 Å². The quantitative estimate of drug-likeness (QED) is 0.618. The number of anilines is 1. The molecule has 0 heterocycles. The Labute approximate surface area is 130 Å². The molecule has 0 radical (unpaired) electrons. The van der Waals surface area contributed by atoms with E-state index in [1.807, 2.05) is 0 Å². The minimum absolute atomic E-state index is 0.0902. The molecule has 0 bridgehead atoms. The van der Waals surface area contributed by atoms with E-state index in [2.05, 4.69) is 5.32 Å². The van der Waals surface area contributed by atoms with Gasteiger partial charge in [-0.05, 0) is 19.1 Å². The van der Waals surface area contributed by atoms with Crippen LogP contribution in [0.15, 0.2) is 36.4 Å². The highest BCUT2D eigenvalue weighted by atomic mass is 35.5. The van der Waals surface area contributed by atoms with Crippen molar-refractivity contribution in [3.05, 3.63) is 67.9 Å². The molecule has 7 heteroatoms. The van der Waals surface area contributed by atoms with E-state index < -0.39 is 11.0 Å². The molecule has 0 aromatic heterocycles. The van der Waals surface area contributed by atoms with Crippen molar-refractivity contribution in [3.8, 4) is 0 Å². The summed E-state index contributed by atoms with van der Waals surface area (Å²) in [6.07, 6.45) is 0. The van der Waals surface area contributed by atoms with E-state index in [9.17, 15) is 14.5 Å². The van der Waals surface area contributed by atoms with Gasteiger partial charge in [0, 0.05) is 11.6 Å². The maximum atomic E-state index is 13.7. The number of nitro groups is 1. The summed E-state index contributed by atoms with van der Waals surface area (Å²) in [5.74, 6) is -0.389. The lowest BCUT2D eigenvalue weighted by molar-refractivity contribution is -0.384. The second-order valence-electron chi connectivity index (χ2n) is 4.43. The first-order chi connectivity index (χ1) is 9.90. The number of hydrogen-bond acceptors (Lipinski definition) is 3. The Bertz CT molecular complexity index is 695. The van der Waals surface area contributed by atoms with Gasteiger partial charge in [0.25, 0.3) is 5.69 Å². The summed E-state index contributed by atoms with van der Waals surface area (Å²) in [6.45, 7) is 1.70. The second-order valence-corrected chi connectivity index (χ2v) is 5.24. The Morgan fingerprint density at radius 2 is 1.86 bits per heavy atom. The van der Waals surface area contributed by atoms with E-state index in [1.165, 1.54) is 18.2 Å². The van der Waals surface area contributed by atoms with Crippen LogP contribution in [0, 0.1) is 15.9 Å². The Hall–Kier alpha value is -1.85. The zero-order valence-corrected chi connectivity index (χ0v) is 12.5. The minimum atomic E-state index is -0.571. The highest BCUT2D eigenvalue weighted by molar-refractivity contribution is 6.42. The molecule has 1 N–H and O–H groups in total. The van der Waals surface area contributed by atoms with Gasteiger partial charge in [-0.3, -0.25) is 10.1 Å². The van der Waals surface area contributed by atoms with Crippen molar-refractivity contribution in [2.75, 3.05) is 5.32 Å². The van der Waals surface area contributed by atoms with Gasteiger partial charge in [-0.25, -0.2) is 4.39 Å². The number of halogens is 3. The van der Waals surface area contributed by atoms with E-state index in [0.29, 0.717) is 5.56 Å². The molecule has 0 saturated heterocycles. The second kappa shape index (κ2) is 6.28. The van der Waals surface area contributed by atoms with E-state index in [0.717, 1.165) is 0 Å². The van der Waals surface area contributed by atoms with E-state index in [1.54, 1.807) is 25.1 Å². The number of nitrogens with zero attached hydrogens (tertiary/aromatic N) is 1. The van der Waals surface area contributed by atoms with Crippen LogP contribution in [-0.4, -0.2) is 4.92 Å². The van der Waals surface area contributed by atoms with E-state index in [-0.39, 0.29) is 27.2 Å². The monoisotopic (exact) mass is 328 g/mol. The third kappa shape index (κ3) is 3.43. The molecule has 4 nitrogen and oxygen atoms in total. The van der Waals surface area contributed by atoms with Gasteiger partial charge in [0.1, 0.15) is 11.5 Å². The Kier molecular flexibility index (Phi) is 4.65. The third-order valence-electron chi connectivity index (χ3n) is 2.98. The van der Waals surface area contributed by atoms with Crippen LogP contribution in [0.1, 0.15) is 18.5 Å². The van der Waals surface area contributed by atoms with Crippen molar-refractivity contribution >= 4 is 34.6 Å². The molecule has 0 aliphatic heterocycles. The molecule has 0 aliphatic carbocycles. The molecule has 0 saturated carbocycles. The topological polar surface area (TPSA) is 55.2 Å². The van der Waals surface area contributed by atoms with Crippen molar-refractivity contribution < 1.29 is 9.31 Å². The molecule has 0 fully saturated rings. The van der Waals surface area contributed by atoms with E-state index >= 15 is 0 Å². The summed E-state index contributed by atoms with van der Waals surface area (Å²) in [5, 5.41) is 14.2.